The minimum absolute atomic E-state index is 0.0121. The highest BCUT2D eigenvalue weighted by atomic mass is 16.3. The second-order valence-electron chi connectivity index (χ2n) is 8.37. The van der Waals surface area contributed by atoms with Crippen molar-refractivity contribution in [3.05, 3.63) is 71.3 Å². The van der Waals surface area contributed by atoms with Gasteiger partial charge in [0.15, 0.2) is 0 Å². The maximum absolute atomic E-state index is 9.83. The summed E-state index contributed by atoms with van der Waals surface area (Å²) >= 11 is 0. The Morgan fingerprint density at radius 2 is 1.29 bits per heavy atom. The fourth-order valence-electron chi connectivity index (χ4n) is 3.78. The zero-order valence-electron chi connectivity index (χ0n) is 17.7. The first kappa shape index (κ1) is 22.6. The van der Waals surface area contributed by atoms with Crippen LogP contribution in [0.25, 0.3) is 0 Å². The monoisotopic (exact) mass is 381 g/mol. The lowest BCUT2D eigenvalue weighted by atomic mass is 9.86. The van der Waals surface area contributed by atoms with Crippen LogP contribution in [0, 0.1) is 0 Å². The van der Waals surface area contributed by atoms with Gasteiger partial charge in [-0.2, -0.15) is 0 Å². The third-order valence-electron chi connectivity index (χ3n) is 5.72. The molecule has 0 aliphatic rings. The van der Waals surface area contributed by atoms with Gasteiger partial charge in [-0.1, -0.05) is 100 Å². The quantitative estimate of drug-likeness (QED) is 0.404. The first-order valence-corrected chi connectivity index (χ1v) is 11.2. The molecule has 0 radical (unpaired) electrons. The summed E-state index contributed by atoms with van der Waals surface area (Å²) in [6.45, 7) is 2.28. The molecule has 2 rings (SSSR count). The molecule has 0 amide bonds. The van der Waals surface area contributed by atoms with Gasteiger partial charge < -0.3 is 10.8 Å². The van der Waals surface area contributed by atoms with Crippen molar-refractivity contribution in [2.75, 3.05) is 6.61 Å². The van der Waals surface area contributed by atoms with E-state index in [1.54, 1.807) is 0 Å². The summed E-state index contributed by atoms with van der Waals surface area (Å²) in [5.74, 6) is 0. The maximum atomic E-state index is 9.83. The van der Waals surface area contributed by atoms with Crippen LogP contribution >= 0.6 is 0 Å². The zero-order chi connectivity index (χ0) is 20.1. The van der Waals surface area contributed by atoms with Crippen LogP contribution in [0.4, 0.5) is 0 Å². The molecule has 2 aromatic carbocycles. The van der Waals surface area contributed by atoms with Crippen LogP contribution in [0.3, 0.4) is 0 Å². The van der Waals surface area contributed by atoms with Crippen LogP contribution in [0.1, 0.15) is 75.0 Å². The molecule has 2 aromatic rings. The van der Waals surface area contributed by atoms with Crippen molar-refractivity contribution in [1.82, 2.24) is 0 Å². The third-order valence-corrected chi connectivity index (χ3v) is 5.72. The molecule has 2 heteroatoms. The summed E-state index contributed by atoms with van der Waals surface area (Å²) in [7, 11) is 0. The predicted molar refractivity (Wildman–Crippen MR) is 121 cm³/mol. The zero-order valence-corrected chi connectivity index (χ0v) is 17.7. The van der Waals surface area contributed by atoms with Gasteiger partial charge in [-0.3, -0.25) is 0 Å². The van der Waals surface area contributed by atoms with Gasteiger partial charge in [-0.15, -0.1) is 0 Å². The minimum Gasteiger partial charge on any atom is -0.394 e. The lowest BCUT2D eigenvalue weighted by molar-refractivity contribution is 0.186. The lowest BCUT2D eigenvalue weighted by Crippen LogP contribution is -2.46. The highest BCUT2D eigenvalue weighted by molar-refractivity contribution is 5.24. The first-order valence-electron chi connectivity index (χ1n) is 11.2. The molecule has 0 saturated heterocycles. The van der Waals surface area contributed by atoms with Crippen LogP contribution in [0.2, 0.25) is 0 Å². The number of aliphatic hydroxyl groups excluding tert-OH is 1. The van der Waals surface area contributed by atoms with Crippen LogP contribution in [0.5, 0.6) is 0 Å². The van der Waals surface area contributed by atoms with Crippen molar-refractivity contribution in [2.45, 2.75) is 83.1 Å². The van der Waals surface area contributed by atoms with Gasteiger partial charge in [-0.25, -0.2) is 0 Å². The van der Waals surface area contributed by atoms with E-state index in [1.165, 1.54) is 68.1 Å². The normalized spacial score (nSPS) is 13.4. The summed E-state index contributed by atoms with van der Waals surface area (Å²) in [4.78, 5) is 0. The number of aryl methyl sites for hydroxylation is 2. The second kappa shape index (κ2) is 12.7. The number of aliphatic hydroxyl groups is 1. The third kappa shape index (κ3) is 8.58. The van der Waals surface area contributed by atoms with Gasteiger partial charge in [0.05, 0.1) is 6.61 Å². The number of nitrogens with two attached hydrogens (primary N) is 1. The summed E-state index contributed by atoms with van der Waals surface area (Å²) in [6, 6.07) is 19.2. The summed E-state index contributed by atoms with van der Waals surface area (Å²) in [5, 5.41) is 9.83. The Morgan fingerprint density at radius 3 is 1.89 bits per heavy atom. The van der Waals surface area contributed by atoms with E-state index in [4.69, 9.17) is 5.73 Å². The molecular formula is C26H39NO. The van der Waals surface area contributed by atoms with E-state index in [2.05, 4.69) is 43.3 Å². The minimum atomic E-state index is -0.558. The van der Waals surface area contributed by atoms with Crippen LogP contribution < -0.4 is 5.73 Å². The molecule has 1 atom stereocenters. The van der Waals surface area contributed by atoms with Gasteiger partial charge in [0, 0.05) is 5.54 Å². The molecule has 154 valence electrons. The standard InChI is InChI=1S/C26H39NO/c1-2-3-4-5-6-7-9-12-23-15-17-24(18-16-23)19-20-26(27,22-28)21-25-13-10-8-11-14-25/h8,10-11,13-18,28H,2-7,9,12,19-22,27H2,1H3. The Hall–Kier alpha value is -1.64. The maximum Gasteiger partial charge on any atom is 0.0614 e. The van der Waals surface area contributed by atoms with E-state index < -0.39 is 5.54 Å². The molecule has 0 fully saturated rings. The van der Waals surface area contributed by atoms with Gasteiger partial charge in [0.25, 0.3) is 0 Å². The number of benzene rings is 2. The topological polar surface area (TPSA) is 46.2 Å². The highest BCUT2D eigenvalue weighted by Gasteiger charge is 2.24. The second-order valence-corrected chi connectivity index (χ2v) is 8.37. The summed E-state index contributed by atoms with van der Waals surface area (Å²) in [5.41, 5.74) is 9.85. The number of hydrogen-bond acceptors (Lipinski definition) is 2. The van der Waals surface area contributed by atoms with Gasteiger partial charge in [0.1, 0.15) is 0 Å². The van der Waals surface area contributed by atoms with E-state index in [0.717, 1.165) is 12.8 Å². The van der Waals surface area contributed by atoms with Gasteiger partial charge >= 0.3 is 0 Å². The molecule has 2 nitrogen and oxygen atoms in total. The molecule has 0 aliphatic heterocycles. The van der Waals surface area contributed by atoms with E-state index in [-0.39, 0.29) is 6.61 Å². The van der Waals surface area contributed by atoms with Crippen molar-refractivity contribution in [3.8, 4) is 0 Å². The largest absolute Gasteiger partial charge is 0.394 e. The SMILES string of the molecule is CCCCCCCCCc1ccc(CCC(N)(CO)Cc2ccccc2)cc1. The van der Waals surface area contributed by atoms with Crippen molar-refractivity contribution >= 4 is 0 Å². The fourth-order valence-corrected chi connectivity index (χ4v) is 3.78. The van der Waals surface area contributed by atoms with Gasteiger partial charge in [-0.05, 0) is 48.8 Å². The smallest absolute Gasteiger partial charge is 0.0614 e. The van der Waals surface area contributed by atoms with Crippen molar-refractivity contribution in [1.29, 1.82) is 0 Å². The van der Waals surface area contributed by atoms with E-state index in [0.29, 0.717) is 6.42 Å². The summed E-state index contributed by atoms with van der Waals surface area (Å²) < 4.78 is 0. The highest BCUT2D eigenvalue weighted by Crippen LogP contribution is 2.19. The predicted octanol–water partition coefficient (Wildman–Crippen LogP) is 5.84. The van der Waals surface area contributed by atoms with E-state index >= 15 is 0 Å². The van der Waals surface area contributed by atoms with Crippen LogP contribution in [-0.4, -0.2) is 17.3 Å². The molecule has 3 N–H and O–H groups in total. The number of rotatable bonds is 14. The van der Waals surface area contributed by atoms with E-state index in [9.17, 15) is 5.11 Å². The van der Waals surface area contributed by atoms with Crippen molar-refractivity contribution < 1.29 is 5.11 Å². The Kier molecular flexibility index (Phi) is 10.3. The molecular weight excluding hydrogens is 342 g/mol. The van der Waals surface area contributed by atoms with Crippen molar-refractivity contribution in [2.24, 2.45) is 5.73 Å². The van der Waals surface area contributed by atoms with Crippen LogP contribution in [-0.2, 0) is 19.3 Å². The van der Waals surface area contributed by atoms with Gasteiger partial charge in [0.2, 0.25) is 0 Å². The Morgan fingerprint density at radius 1 is 0.714 bits per heavy atom. The van der Waals surface area contributed by atoms with Crippen LogP contribution in [0.15, 0.2) is 54.6 Å². The molecule has 0 aliphatic carbocycles. The Bertz CT molecular complexity index is 637. The average molecular weight is 382 g/mol. The molecule has 1 unspecified atom stereocenters. The number of hydrogen-bond donors (Lipinski definition) is 2. The number of unbranched alkanes of at least 4 members (excludes halogenated alkanes) is 6. The lowest BCUT2D eigenvalue weighted by Gasteiger charge is -2.27. The molecule has 0 aromatic heterocycles. The molecule has 28 heavy (non-hydrogen) atoms. The van der Waals surface area contributed by atoms with Crippen molar-refractivity contribution in [3.63, 3.8) is 0 Å². The Labute approximate surface area is 172 Å². The molecule has 0 spiro atoms. The van der Waals surface area contributed by atoms with E-state index in [1.807, 2.05) is 18.2 Å². The molecule has 0 heterocycles. The fraction of sp³-hybridized carbons (Fsp3) is 0.538. The summed E-state index contributed by atoms with van der Waals surface area (Å²) in [6.07, 6.45) is 13.1. The first-order chi connectivity index (χ1) is 13.6. The Balaban J connectivity index is 1.72. The molecule has 0 bridgehead atoms. The average Bonchev–Trinajstić information content (AvgIpc) is 2.73. The molecule has 0 saturated carbocycles.